The Kier molecular flexibility index (Phi) is 8.82. The fourth-order valence-electron chi connectivity index (χ4n) is 5.70. The normalized spacial score (nSPS) is 18.4. The monoisotopic (exact) mass is 648 g/mol. The lowest BCUT2D eigenvalue weighted by molar-refractivity contribution is -0.274. The van der Waals surface area contributed by atoms with Crippen molar-refractivity contribution < 1.29 is 22.7 Å². The molecule has 1 aliphatic carbocycles. The number of urea groups is 1. The maximum absolute atomic E-state index is 13.4. The third kappa shape index (κ3) is 7.06. The van der Waals surface area contributed by atoms with E-state index in [0.29, 0.717) is 11.5 Å². The second kappa shape index (κ2) is 12.8. The number of amidine groups is 1. The van der Waals surface area contributed by atoms with Crippen LogP contribution in [0, 0.1) is 6.92 Å². The highest BCUT2D eigenvalue weighted by molar-refractivity contribution is 8.14. The van der Waals surface area contributed by atoms with Gasteiger partial charge < -0.3 is 15.0 Å². The highest BCUT2D eigenvalue weighted by Crippen LogP contribution is 2.46. The van der Waals surface area contributed by atoms with Crippen LogP contribution in [0.15, 0.2) is 78.0 Å². The minimum absolute atomic E-state index is 0.229. The minimum atomic E-state index is -4.75. The Hall–Kier alpha value is -4.32. The first-order chi connectivity index (χ1) is 22.0. The second-order valence-electron chi connectivity index (χ2n) is 11.8. The summed E-state index contributed by atoms with van der Waals surface area (Å²) in [5.41, 5.74) is 5.40. The number of hydrogen-bond acceptors (Lipinski definition) is 5. The van der Waals surface area contributed by atoms with E-state index < -0.39 is 11.9 Å². The van der Waals surface area contributed by atoms with Crippen LogP contribution < -0.4 is 15.0 Å². The molecule has 2 heterocycles. The van der Waals surface area contributed by atoms with Crippen molar-refractivity contribution in [3.05, 3.63) is 89.7 Å². The topological polar surface area (TPSA) is 84.6 Å². The number of carbonyl (C=O) groups excluding carboxylic acids is 1. The molecule has 1 aromatic heterocycles. The molecular weight excluding hydrogens is 613 g/mol. The summed E-state index contributed by atoms with van der Waals surface area (Å²) >= 11 is 1.62. The number of benzene rings is 3. The Morgan fingerprint density at radius 1 is 1.11 bits per heavy atom. The fraction of sp³-hybridized carbons (Fsp3) is 0.353. The number of amides is 2. The summed E-state index contributed by atoms with van der Waals surface area (Å²) in [6, 6.07) is 19.6. The van der Waals surface area contributed by atoms with Crippen molar-refractivity contribution in [3.63, 3.8) is 0 Å². The Balaban J connectivity index is 1.15. The van der Waals surface area contributed by atoms with Crippen LogP contribution in [0.4, 0.5) is 23.7 Å². The number of ether oxygens (including phenoxy) is 1. The molecule has 3 aromatic carbocycles. The van der Waals surface area contributed by atoms with Gasteiger partial charge in [-0.1, -0.05) is 61.5 Å². The number of carbonyl (C=O) groups is 1. The van der Waals surface area contributed by atoms with Crippen LogP contribution in [-0.2, 0) is 12.0 Å². The van der Waals surface area contributed by atoms with E-state index >= 15 is 0 Å². The number of alkyl halides is 3. The summed E-state index contributed by atoms with van der Waals surface area (Å²) in [6.07, 6.45) is 1.39. The highest BCUT2D eigenvalue weighted by atomic mass is 32.2. The van der Waals surface area contributed by atoms with Crippen molar-refractivity contribution in [1.29, 1.82) is 0 Å². The predicted octanol–water partition coefficient (Wildman–Crippen LogP) is 8.18. The summed E-state index contributed by atoms with van der Waals surface area (Å²) in [7, 11) is 0. The summed E-state index contributed by atoms with van der Waals surface area (Å²) < 4.78 is 42.8. The molecule has 0 spiro atoms. The van der Waals surface area contributed by atoms with Crippen LogP contribution in [0.2, 0.25) is 0 Å². The first-order valence-electron chi connectivity index (χ1n) is 15.3. The van der Waals surface area contributed by atoms with E-state index in [4.69, 9.17) is 0 Å². The Morgan fingerprint density at radius 2 is 1.85 bits per heavy atom. The van der Waals surface area contributed by atoms with Gasteiger partial charge in [0.2, 0.25) is 0 Å². The quantitative estimate of drug-likeness (QED) is 0.208. The number of hydrogen-bond donors (Lipinski definition) is 1. The number of halogens is 3. The first-order valence-corrected chi connectivity index (χ1v) is 16.3. The molecule has 1 saturated carbocycles. The van der Waals surface area contributed by atoms with Crippen LogP contribution in [0.1, 0.15) is 56.2 Å². The Bertz CT molecular complexity index is 1730. The molecule has 1 aliphatic heterocycles. The van der Waals surface area contributed by atoms with E-state index in [1.807, 2.05) is 24.3 Å². The van der Waals surface area contributed by atoms with Crippen molar-refractivity contribution in [1.82, 2.24) is 20.1 Å². The van der Waals surface area contributed by atoms with Crippen molar-refractivity contribution in [2.75, 3.05) is 10.7 Å². The summed E-state index contributed by atoms with van der Waals surface area (Å²) in [4.78, 5) is 24.6. The number of thioether (sulfide) groups is 1. The third-order valence-electron chi connectivity index (χ3n) is 8.25. The maximum Gasteiger partial charge on any atom is 0.573 e. The van der Waals surface area contributed by atoms with Gasteiger partial charge in [0.15, 0.2) is 11.0 Å². The molecule has 4 aromatic rings. The maximum atomic E-state index is 13.4. The third-order valence-corrected chi connectivity index (χ3v) is 9.24. The average molecular weight is 649 g/mol. The van der Waals surface area contributed by atoms with E-state index in [0.717, 1.165) is 59.8 Å². The zero-order valence-corrected chi connectivity index (χ0v) is 26.7. The number of anilines is 1. The van der Waals surface area contributed by atoms with Crippen LogP contribution in [0.25, 0.3) is 17.1 Å². The molecule has 12 heteroatoms. The Labute approximate surface area is 270 Å². The molecule has 8 nitrogen and oxygen atoms in total. The average Bonchev–Trinajstić information content (AvgIpc) is 3.62. The lowest BCUT2D eigenvalue weighted by atomic mass is 10.0. The van der Waals surface area contributed by atoms with E-state index in [1.165, 1.54) is 46.4 Å². The summed E-state index contributed by atoms with van der Waals surface area (Å²) in [6.45, 7) is 6.46. The van der Waals surface area contributed by atoms with Crippen LogP contribution in [0.5, 0.6) is 5.75 Å². The van der Waals surface area contributed by atoms with E-state index in [1.54, 1.807) is 11.8 Å². The van der Waals surface area contributed by atoms with Gasteiger partial charge in [-0.3, -0.25) is 0 Å². The number of nitrogens with zero attached hydrogens (tertiary/aromatic N) is 5. The van der Waals surface area contributed by atoms with Gasteiger partial charge in [0.1, 0.15) is 12.1 Å². The molecule has 2 amide bonds. The number of aryl methyl sites for hydroxylation is 2. The van der Waals surface area contributed by atoms with Crippen LogP contribution in [-0.4, -0.2) is 44.1 Å². The number of nitrogens with one attached hydrogen (secondary N) is 1. The standard InChI is InChI=1S/C34H35F3N6O2S/c1-4-5-24-7-6-22(2)20-29(24)43-23(3)16-19-46-32(43)39-31(44)40-33(17-18-33)26-10-8-25(9-11-26)30-38-21-42(41-30)27-12-14-28(15-13-27)45-34(35,36)37/h6-15,20-21,23H,4-5,16-19H2,1-3H3,(H,40,44)/b39-32-. The van der Waals surface area contributed by atoms with Gasteiger partial charge in [0.05, 0.1) is 11.2 Å². The van der Waals surface area contributed by atoms with Gasteiger partial charge in [-0.2, -0.15) is 4.99 Å². The molecule has 1 N–H and O–H groups in total. The van der Waals surface area contributed by atoms with Crippen molar-refractivity contribution >= 4 is 28.6 Å². The lowest BCUT2D eigenvalue weighted by Gasteiger charge is -2.37. The van der Waals surface area contributed by atoms with E-state index in [-0.39, 0.29) is 17.8 Å². The van der Waals surface area contributed by atoms with Gasteiger partial charge in [-0.15, -0.1) is 18.3 Å². The number of aromatic nitrogens is 3. The molecule has 46 heavy (non-hydrogen) atoms. The molecule has 1 atom stereocenters. The van der Waals surface area contributed by atoms with E-state index in [9.17, 15) is 18.0 Å². The van der Waals surface area contributed by atoms with Crippen molar-refractivity contribution in [2.45, 2.75) is 70.8 Å². The van der Waals surface area contributed by atoms with Gasteiger partial charge >= 0.3 is 12.4 Å². The van der Waals surface area contributed by atoms with Gasteiger partial charge in [-0.25, -0.2) is 14.5 Å². The molecule has 2 fully saturated rings. The molecule has 1 unspecified atom stereocenters. The Morgan fingerprint density at radius 3 is 2.52 bits per heavy atom. The summed E-state index contributed by atoms with van der Waals surface area (Å²) in [5, 5.41) is 8.41. The molecule has 2 aliphatic rings. The zero-order chi connectivity index (χ0) is 32.5. The van der Waals surface area contributed by atoms with Crippen molar-refractivity contribution in [2.24, 2.45) is 4.99 Å². The molecule has 1 saturated heterocycles. The summed E-state index contributed by atoms with van der Waals surface area (Å²) in [5.74, 6) is 1.06. The van der Waals surface area contributed by atoms with Crippen LogP contribution in [0.3, 0.4) is 0 Å². The molecule has 0 radical (unpaired) electrons. The van der Waals surface area contributed by atoms with Gasteiger partial charge in [0.25, 0.3) is 0 Å². The lowest BCUT2D eigenvalue weighted by Crippen LogP contribution is -2.43. The largest absolute Gasteiger partial charge is 0.573 e. The SMILES string of the molecule is CCCc1ccc(C)cc1N1/C(=N/C(=O)NC2(c3ccc(-c4ncn(-c5ccc(OC(F)(F)F)cc5)n4)cc3)CC2)SCCC1C. The molecular formula is C34H35F3N6O2S. The smallest absolute Gasteiger partial charge is 0.406 e. The van der Waals surface area contributed by atoms with Crippen LogP contribution >= 0.6 is 11.8 Å². The molecule has 240 valence electrons. The molecule has 0 bridgehead atoms. The number of rotatable bonds is 8. The number of aliphatic imine (C=N–C) groups is 1. The van der Waals surface area contributed by atoms with Crippen molar-refractivity contribution in [3.8, 4) is 22.8 Å². The zero-order valence-electron chi connectivity index (χ0n) is 25.8. The fourth-order valence-corrected chi connectivity index (χ4v) is 6.91. The first kappa shape index (κ1) is 31.7. The second-order valence-corrected chi connectivity index (χ2v) is 12.8. The van der Waals surface area contributed by atoms with E-state index in [2.05, 4.69) is 69.0 Å². The predicted molar refractivity (Wildman–Crippen MR) is 175 cm³/mol. The minimum Gasteiger partial charge on any atom is -0.406 e. The van der Waals surface area contributed by atoms with Gasteiger partial charge in [0, 0.05) is 23.0 Å². The van der Waals surface area contributed by atoms with Gasteiger partial charge in [-0.05, 0) is 86.6 Å². The molecule has 6 rings (SSSR count). The highest BCUT2D eigenvalue weighted by Gasteiger charge is 2.46.